The van der Waals surface area contributed by atoms with Crippen LogP contribution in [0.1, 0.15) is 18.4 Å². The highest BCUT2D eigenvalue weighted by Gasteiger charge is 2.15. The Morgan fingerprint density at radius 3 is 2.63 bits per heavy atom. The van der Waals surface area contributed by atoms with Gasteiger partial charge in [0.2, 0.25) is 5.91 Å². The molecule has 1 amide bonds. The Morgan fingerprint density at radius 1 is 1.26 bits per heavy atom. The maximum atomic E-state index is 12.0. The summed E-state index contributed by atoms with van der Waals surface area (Å²) in [6.07, 6.45) is 5.03. The summed E-state index contributed by atoms with van der Waals surface area (Å²) >= 11 is 11.9. The monoisotopic (exact) mass is 295 g/mol. The van der Waals surface area contributed by atoms with E-state index < -0.39 is 0 Å². The van der Waals surface area contributed by atoms with Crippen molar-refractivity contribution in [1.29, 1.82) is 0 Å². The van der Waals surface area contributed by atoms with Crippen LogP contribution in [-0.4, -0.2) is 23.9 Å². The Hall–Kier alpha value is -1.25. The van der Waals surface area contributed by atoms with Gasteiger partial charge in [0.05, 0.1) is 0 Å². The second-order valence-corrected chi connectivity index (χ2v) is 5.42. The maximum absolute atomic E-state index is 12.0. The summed E-state index contributed by atoms with van der Waals surface area (Å²) in [6, 6.07) is 5.18. The van der Waals surface area contributed by atoms with Gasteiger partial charge in [-0.1, -0.05) is 35.4 Å². The van der Waals surface area contributed by atoms with E-state index in [2.05, 4.69) is 6.58 Å². The molecule has 0 atom stereocenters. The molecular formula is C15H15Cl2NO. The van der Waals surface area contributed by atoms with Crippen molar-refractivity contribution >= 4 is 35.2 Å². The van der Waals surface area contributed by atoms with Crippen LogP contribution in [0.2, 0.25) is 10.0 Å². The van der Waals surface area contributed by atoms with E-state index in [9.17, 15) is 4.79 Å². The first kappa shape index (κ1) is 14.2. The highest BCUT2D eigenvalue weighted by Crippen LogP contribution is 2.22. The molecule has 1 heterocycles. The third-order valence-electron chi connectivity index (χ3n) is 3.15. The molecule has 1 fully saturated rings. The molecule has 0 N–H and O–H groups in total. The average molecular weight is 296 g/mol. The smallest absolute Gasteiger partial charge is 0.246 e. The van der Waals surface area contributed by atoms with E-state index in [4.69, 9.17) is 23.2 Å². The molecule has 2 nitrogen and oxygen atoms in total. The Balaban J connectivity index is 2.03. The predicted octanol–water partition coefficient (Wildman–Crippen LogP) is 4.19. The number of carbonyl (C=O) groups is 1. The first-order chi connectivity index (χ1) is 9.06. The molecule has 0 aromatic heterocycles. The van der Waals surface area contributed by atoms with Crippen molar-refractivity contribution in [2.45, 2.75) is 12.8 Å². The molecule has 0 aliphatic carbocycles. The number of nitrogens with zero attached hydrogens (tertiary/aromatic N) is 1. The van der Waals surface area contributed by atoms with E-state index in [0.717, 1.165) is 31.5 Å². The first-order valence-electron chi connectivity index (χ1n) is 6.15. The molecular weight excluding hydrogens is 281 g/mol. The van der Waals surface area contributed by atoms with E-state index in [1.54, 1.807) is 30.4 Å². The molecule has 0 bridgehead atoms. The van der Waals surface area contributed by atoms with Gasteiger partial charge in [-0.05, 0) is 42.7 Å². The van der Waals surface area contributed by atoms with Crippen LogP contribution in [0.4, 0.5) is 0 Å². The lowest BCUT2D eigenvalue weighted by Gasteiger charge is -2.26. The van der Waals surface area contributed by atoms with Gasteiger partial charge >= 0.3 is 0 Å². The van der Waals surface area contributed by atoms with Gasteiger partial charge in [0, 0.05) is 29.2 Å². The van der Waals surface area contributed by atoms with Gasteiger partial charge in [-0.15, -0.1) is 0 Å². The summed E-state index contributed by atoms with van der Waals surface area (Å²) in [7, 11) is 0. The third-order valence-corrected chi connectivity index (χ3v) is 3.73. The van der Waals surface area contributed by atoms with E-state index in [-0.39, 0.29) is 5.91 Å². The summed E-state index contributed by atoms with van der Waals surface area (Å²) in [5, 5.41) is 1.19. The number of hydrogen-bond donors (Lipinski definition) is 0. The van der Waals surface area contributed by atoms with Crippen LogP contribution in [0.15, 0.2) is 36.4 Å². The number of halogens is 2. The van der Waals surface area contributed by atoms with Gasteiger partial charge < -0.3 is 4.90 Å². The number of amides is 1. The fourth-order valence-electron chi connectivity index (χ4n) is 1.95. The van der Waals surface area contributed by atoms with Gasteiger partial charge in [-0.25, -0.2) is 0 Å². The molecule has 100 valence electrons. The minimum Gasteiger partial charge on any atom is -0.339 e. The summed E-state index contributed by atoms with van der Waals surface area (Å²) in [4.78, 5) is 13.8. The Bertz CT molecular complexity index is 527. The van der Waals surface area contributed by atoms with Gasteiger partial charge in [0.15, 0.2) is 0 Å². The highest BCUT2D eigenvalue weighted by molar-refractivity contribution is 6.34. The van der Waals surface area contributed by atoms with E-state index in [1.165, 1.54) is 5.57 Å². The molecule has 1 aliphatic rings. The summed E-state index contributed by atoms with van der Waals surface area (Å²) in [5.74, 6) is 0.00328. The molecule has 0 radical (unpaired) electrons. The van der Waals surface area contributed by atoms with E-state index in [0.29, 0.717) is 10.0 Å². The van der Waals surface area contributed by atoms with Crippen molar-refractivity contribution in [3.63, 3.8) is 0 Å². The predicted molar refractivity (Wildman–Crippen MR) is 80.5 cm³/mol. The van der Waals surface area contributed by atoms with E-state index in [1.807, 2.05) is 4.90 Å². The minimum absolute atomic E-state index is 0.00328. The fraction of sp³-hybridized carbons (Fsp3) is 0.267. The molecule has 1 aromatic carbocycles. The lowest BCUT2D eigenvalue weighted by molar-refractivity contribution is -0.126. The lowest BCUT2D eigenvalue weighted by atomic mass is 10.1. The standard InChI is InChI=1S/C15H15Cl2NO/c1-11-6-8-18(9-7-11)15(19)5-2-12-10-13(16)3-4-14(12)17/h2-5,10H,1,6-9H2/b5-2+. The zero-order chi connectivity index (χ0) is 13.8. The zero-order valence-electron chi connectivity index (χ0n) is 10.5. The number of likely N-dealkylation sites (tertiary alicyclic amines) is 1. The summed E-state index contributed by atoms with van der Waals surface area (Å²) < 4.78 is 0. The van der Waals surface area contributed by atoms with Crippen LogP contribution in [-0.2, 0) is 4.79 Å². The number of benzene rings is 1. The Labute approximate surface area is 123 Å². The van der Waals surface area contributed by atoms with Crippen LogP contribution in [0.5, 0.6) is 0 Å². The van der Waals surface area contributed by atoms with Crippen molar-refractivity contribution < 1.29 is 4.79 Å². The second-order valence-electron chi connectivity index (χ2n) is 4.57. The Kier molecular flexibility index (Phi) is 4.67. The van der Waals surface area contributed by atoms with Crippen LogP contribution >= 0.6 is 23.2 Å². The number of piperidine rings is 1. The number of rotatable bonds is 2. The number of hydrogen-bond acceptors (Lipinski definition) is 1. The molecule has 1 aromatic rings. The van der Waals surface area contributed by atoms with Crippen LogP contribution in [0.25, 0.3) is 6.08 Å². The quantitative estimate of drug-likeness (QED) is 0.592. The first-order valence-corrected chi connectivity index (χ1v) is 6.90. The molecule has 1 aliphatic heterocycles. The molecule has 2 rings (SSSR count). The van der Waals surface area contributed by atoms with Crippen LogP contribution in [0, 0.1) is 0 Å². The summed E-state index contributed by atoms with van der Waals surface area (Å²) in [5.41, 5.74) is 1.97. The molecule has 1 saturated heterocycles. The average Bonchev–Trinajstić information content (AvgIpc) is 2.40. The van der Waals surface area contributed by atoms with E-state index >= 15 is 0 Å². The van der Waals surface area contributed by atoms with Gasteiger partial charge in [-0.3, -0.25) is 4.79 Å². The van der Waals surface area contributed by atoms with Crippen LogP contribution < -0.4 is 0 Å². The normalized spacial score (nSPS) is 16.1. The fourth-order valence-corrected chi connectivity index (χ4v) is 2.31. The second kappa shape index (κ2) is 6.27. The number of carbonyl (C=O) groups excluding carboxylic acids is 1. The Morgan fingerprint density at radius 2 is 1.95 bits per heavy atom. The highest BCUT2D eigenvalue weighted by atomic mass is 35.5. The van der Waals surface area contributed by atoms with Crippen LogP contribution in [0.3, 0.4) is 0 Å². The topological polar surface area (TPSA) is 20.3 Å². The molecule has 19 heavy (non-hydrogen) atoms. The van der Waals surface area contributed by atoms with Crippen molar-refractivity contribution in [3.8, 4) is 0 Å². The maximum Gasteiger partial charge on any atom is 0.246 e. The van der Waals surface area contributed by atoms with Crippen molar-refractivity contribution in [3.05, 3.63) is 52.0 Å². The van der Waals surface area contributed by atoms with Crippen molar-refractivity contribution in [2.24, 2.45) is 0 Å². The molecule has 0 unspecified atom stereocenters. The molecule has 4 heteroatoms. The minimum atomic E-state index is 0.00328. The van der Waals surface area contributed by atoms with Crippen molar-refractivity contribution in [2.75, 3.05) is 13.1 Å². The van der Waals surface area contributed by atoms with Gasteiger partial charge in [0.1, 0.15) is 0 Å². The lowest BCUT2D eigenvalue weighted by Crippen LogP contribution is -2.34. The van der Waals surface area contributed by atoms with Gasteiger partial charge in [0.25, 0.3) is 0 Å². The SMILES string of the molecule is C=C1CCN(C(=O)/C=C/c2cc(Cl)ccc2Cl)CC1. The third kappa shape index (κ3) is 3.85. The summed E-state index contributed by atoms with van der Waals surface area (Å²) in [6.45, 7) is 5.42. The largest absolute Gasteiger partial charge is 0.339 e. The van der Waals surface area contributed by atoms with Crippen molar-refractivity contribution in [1.82, 2.24) is 4.90 Å². The zero-order valence-corrected chi connectivity index (χ0v) is 12.0. The van der Waals surface area contributed by atoms with Gasteiger partial charge in [-0.2, -0.15) is 0 Å². The molecule has 0 spiro atoms. The molecule has 0 saturated carbocycles.